The summed E-state index contributed by atoms with van der Waals surface area (Å²) in [4.78, 5) is 2.40. The van der Waals surface area contributed by atoms with E-state index in [4.69, 9.17) is 0 Å². The van der Waals surface area contributed by atoms with Crippen LogP contribution in [0.2, 0.25) is 0 Å². The molecule has 1 N–H and O–H groups in total. The quantitative estimate of drug-likeness (QED) is 0.926. The molecule has 3 heteroatoms. The fraction of sp³-hybridized carbons (Fsp3) is 0.611. The van der Waals surface area contributed by atoms with Gasteiger partial charge in [-0.25, -0.2) is 0 Å². The van der Waals surface area contributed by atoms with Crippen LogP contribution in [0.1, 0.15) is 51.7 Å². The van der Waals surface area contributed by atoms with Crippen LogP contribution in [0.4, 0.5) is 0 Å². The van der Waals surface area contributed by atoms with Gasteiger partial charge in [-0.15, -0.1) is 0 Å². The zero-order valence-electron chi connectivity index (χ0n) is 13.9. The van der Waals surface area contributed by atoms with Gasteiger partial charge in [-0.1, -0.05) is 18.2 Å². The molecule has 1 aliphatic rings. The summed E-state index contributed by atoms with van der Waals surface area (Å²) in [7, 11) is 2.18. The highest BCUT2D eigenvalue weighted by molar-refractivity contribution is 5.37. The van der Waals surface area contributed by atoms with Gasteiger partial charge in [-0.3, -0.25) is 4.90 Å². The molecule has 21 heavy (non-hydrogen) atoms. The summed E-state index contributed by atoms with van der Waals surface area (Å²) < 4.78 is 0. The molecule has 1 aromatic rings. The van der Waals surface area contributed by atoms with Gasteiger partial charge in [0, 0.05) is 23.7 Å². The largest absolute Gasteiger partial charge is 0.307 e. The third kappa shape index (κ3) is 4.06. The van der Waals surface area contributed by atoms with E-state index in [1.54, 1.807) is 0 Å². The van der Waals surface area contributed by atoms with E-state index in [-0.39, 0.29) is 11.1 Å². The second-order valence-corrected chi connectivity index (χ2v) is 7.64. The molecule has 0 bridgehead atoms. The Hall–Kier alpha value is -1.37. The molecule has 1 aromatic carbocycles. The van der Waals surface area contributed by atoms with Crippen molar-refractivity contribution in [2.45, 2.75) is 64.2 Å². The molecule has 1 fully saturated rings. The Morgan fingerprint density at radius 2 is 1.76 bits per heavy atom. The van der Waals surface area contributed by atoms with Crippen molar-refractivity contribution >= 4 is 0 Å². The van der Waals surface area contributed by atoms with Gasteiger partial charge in [0.15, 0.2) is 0 Å². The monoisotopic (exact) mass is 285 g/mol. The molecular formula is C18H27N3. The second kappa shape index (κ2) is 5.79. The topological polar surface area (TPSA) is 39.1 Å². The van der Waals surface area contributed by atoms with Crippen LogP contribution in [0.3, 0.4) is 0 Å². The van der Waals surface area contributed by atoms with Crippen LogP contribution in [0.15, 0.2) is 24.3 Å². The van der Waals surface area contributed by atoms with Gasteiger partial charge in [-0.2, -0.15) is 5.26 Å². The SMILES string of the molecule is CN(Cc1ccccc1C#N)C1CC(C)(C)NC(C)(C)C1. The molecule has 0 saturated carbocycles. The fourth-order valence-corrected chi connectivity index (χ4v) is 3.75. The first-order chi connectivity index (χ1) is 9.72. The molecule has 2 rings (SSSR count). The predicted molar refractivity (Wildman–Crippen MR) is 86.9 cm³/mol. The Morgan fingerprint density at radius 1 is 1.19 bits per heavy atom. The molecule has 114 valence electrons. The van der Waals surface area contributed by atoms with Crippen molar-refractivity contribution in [2.75, 3.05) is 7.05 Å². The van der Waals surface area contributed by atoms with Crippen molar-refractivity contribution in [3.63, 3.8) is 0 Å². The van der Waals surface area contributed by atoms with Crippen LogP contribution < -0.4 is 5.32 Å². The molecule has 1 heterocycles. The van der Waals surface area contributed by atoms with Gasteiger partial charge < -0.3 is 5.32 Å². The lowest BCUT2D eigenvalue weighted by Crippen LogP contribution is -2.61. The number of nitrogens with zero attached hydrogens (tertiary/aromatic N) is 2. The van der Waals surface area contributed by atoms with Gasteiger partial charge in [0.25, 0.3) is 0 Å². The lowest BCUT2D eigenvalue weighted by Gasteiger charge is -2.49. The molecule has 0 aliphatic carbocycles. The maximum absolute atomic E-state index is 9.23. The first kappa shape index (κ1) is 16.0. The van der Waals surface area contributed by atoms with Crippen LogP contribution in [0.5, 0.6) is 0 Å². The Balaban J connectivity index is 2.13. The molecule has 0 atom stereocenters. The number of hydrogen-bond donors (Lipinski definition) is 1. The average Bonchev–Trinajstić information content (AvgIpc) is 2.35. The highest BCUT2D eigenvalue weighted by Gasteiger charge is 2.39. The van der Waals surface area contributed by atoms with Gasteiger partial charge in [0.05, 0.1) is 11.6 Å². The lowest BCUT2D eigenvalue weighted by atomic mass is 9.79. The summed E-state index contributed by atoms with van der Waals surface area (Å²) in [6, 6.07) is 10.7. The number of nitriles is 1. The van der Waals surface area contributed by atoms with Crippen molar-refractivity contribution in [3.8, 4) is 6.07 Å². The summed E-state index contributed by atoms with van der Waals surface area (Å²) >= 11 is 0. The highest BCUT2D eigenvalue weighted by Crippen LogP contribution is 2.31. The van der Waals surface area contributed by atoms with Crippen molar-refractivity contribution in [1.82, 2.24) is 10.2 Å². The Kier molecular flexibility index (Phi) is 4.41. The highest BCUT2D eigenvalue weighted by atomic mass is 15.2. The first-order valence-electron chi connectivity index (χ1n) is 7.70. The molecular weight excluding hydrogens is 258 g/mol. The Bertz CT molecular complexity index is 524. The van der Waals surface area contributed by atoms with Crippen LogP contribution in [0.25, 0.3) is 0 Å². The smallest absolute Gasteiger partial charge is 0.0995 e. The normalized spacial score (nSPS) is 21.2. The van der Waals surface area contributed by atoms with E-state index in [9.17, 15) is 5.26 Å². The Morgan fingerprint density at radius 3 is 2.33 bits per heavy atom. The van der Waals surface area contributed by atoms with E-state index in [1.165, 1.54) is 0 Å². The molecule has 0 aromatic heterocycles. The van der Waals surface area contributed by atoms with Gasteiger partial charge >= 0.3 is 0 Å². The third-order valence-electron chi connectivity index (χ3n) is 4.35. The fourth-order valence-electron chi connectivity index (χ4n) is 3.75. The standard InChI is InChI=1S/C18H27N3/c1-17(2)10-16(11-18(3,4)20-17)21(5)13-15-9-7-6-8-14(15)12-19/h6-9,16,20H,10-11,13H2,1-5H3. The summed E-state index contributed by atoms with van der Waals surface area (Å²) in [5, 5.41) is 13.0. The number of piperidine rings is 1. The van der Waals surface area contributed by atoms with E-state index < -0.39 is 0 Å². The van der Waals surface area contributed by atoms with E-state index >= 15 is 0 Å². The van der Waals surface area contributed by atoms with E-state index in [0.717, 1.165) is 30.5 Å². The third-order valence-corrected chi connectivity index (χ3v) is 4.35. The molecule has 1 saturated heterocycles. The van der Waals surface area contributed by atoms with E-state index in [2.05, 4.69) is 57.1 Å². The molecule has 0 amide bonds. The van der Waals surface area contributed by atoms with Crippen LogP contribution in [0, 0.1) is 11.3 Å². The Labute approximate surface area is 129 Å². The minimum Gasteiger partial charge on any atom is -0.307 e. The molecule has 0 spiro atoms. The number of nitrogens with one attached hydrogen (secondary N) is 1. The first-order valence-corrected chi connectivity index (χ1v) is 7.70. The minimum atomic E-state index is 0.148. The summed E-state index contributed by atoms with van der Waals surface area (Å²) in [6.45, 7) is 9.94. The van der Waals surface area contributed by atoms with Gasteiger partial charge in [0.1, 0.15) is 0 Å². The number of benzene rings is 1. The average molecular weight is 285 g/mol. The van der Waals surface area contributed by atoms with Crippen molar-refractivity contribution in [3.05, 3.63) is 35.4 Å². The molecule has 0 unspecified atom stereocenters. The maximum atomic E-state index is 9.23. The van der Waals surface area contributed by atoms with Gasteiger partial charge in [-0.05, 0) is 59.2 Å². The zero-order chi connectivity index (χ0) is 15.7. The van der Waals surface area contributed by atoms with E-state index in [1.807, 2.05) is 18.2 Å². The number of hydrogen-bond acceptors (Lipinski definition) is 3. The molecule has 1 aliphatic heterocycles. The van der Waals surface area contributed by atoms with Crippen LogP contribution >= 0.6 is 0 Å². The molecule has 0 radical (unpaired) electrons. The minimum absolute atomic E-state index is 0.148. The van der Waals surface area contributed by atoms with E-state index in [0.29, 0.717) is 6.04 Å². The van der Waals surface area contributed by atoms with Crippen molar-refractivity contribution in [2.24, 2.45) is 0 Å². The van der Waals surface area contributed by atoms with Crippen molar-refractivity contribution < 1.29 is 0 Å². The second-order valence-electron chi connectivity index (χ2n) is 7.64. The van der Waals surface area contributed by atoms with Crippen LogP contribution in [-0.2, 0) is 6.54 Å². The zero-order valence-corrected chi connectivity index (χ0v) is 13.9. The molecule has 3 nitrogen and oxygen atoms in total. The van der Waals surface area contributed by atoms with Crippen molar-refractivity contribution in [1.29, 1.82) is 5.26 Å². The maximum Gasteiger partial charge on any atom is 0.0995 e. The van der Waals surface area contributed by atoms with Crippen LogP contribution in [-0.4, -0.2) is 29.1 Å². The lowest BCUT2D eigenvalue weighted by molar-refractivity contribution is 0.0776. The summed E-state index contributed by atoms with van der Waals surface area (Å²) in [5.41, 5.74) is 2.21. The van der Waals surface area contributed by atoms with Gasteiger partial charge in [0.2, 0.25) is 0 Å². The number of rotatable bonds is 3. The predicted octanol–water partition coefficient (Wildman–Crippen LogP) is 3.30. The summed E-state index contributed by atoms with van der Waals surface area (Å²) in [6.07, 6.45) is 2.25. The summed E-state index contributed by atoms with van der Waals surface area (Å²) in [5.74, 6) is 0.